The predicted molar refractivity (Wildman–Crippen MR) is 91.8 cm³/mol. The topological polar surface area (TPSA) is 78.4 Å². The summed E-state index contributed by atoms with van der Waals surface area (Å²) in [5.74, 6) is 0.263. The van der Waals surface area contributed by atoms with Crippen LogP contribution < -0.4 is 10.6 Å². The van der Waals surface area contributed by atoms with E-state index in [-0.39, 0.29) is 41.5 Å². The van der Waals surface area contributed by atoms with Crippen molar-refractivity contribution in [1.29, 1.82) is 0 Å². The number of amides is 2. The van der Waals surface area contributed by atoms with Crippen LogP contribution in [0.2, 0.25) is 0 Å². The third-order valence-electron chi connectivity index (χ3n) is 4.78. The standard InChI is InChI=1S/C18H34N2O3/c1-12(2)16(22)18(4,5)11-19-15(21)10-13(3)20-17(23)14-8-6-7-9-14/h12-14,16,22H,6-11H2,1-5H3,(H,19,21)(H,20,23). The van der Waals surface area contributed by atoms with Crippen LogP contribution in [0.3, 0.4) is 0 Å². The minimum absolute atomic E-state index is 0.0818. The lowest BCUT2D eigenvalue weighted by Crippen LogP contribution is -2.45. The van der Waals surface area contributed by atoms with E-state index in [1.807, 2.05) is 34.6 Å². The number of hydrogen-bond donors (Lipinski definition) is 3. The van der Waals surface area contributed by atoms with Gasteiger partial charge in [0.25, 0.3) is 0 Å². The quantitative estimate of drug-likeness (QED) is 0.640. The van der Waals surface area contributed by atoms with Crippen LogP contribution in [0.25, 0.3) is 0 Å². The molecule has 134 valence electrons. The first-order valence-electron chi connectivity index (χ1n) is 8.88. The number of carbonyl (C=O) groups excluding carboxylic acids is 2. The molecule has 0 radical (unpaired) electrons. The summed E-state index contributed by atoms with van der Waals surface area (Å²) in [4.78, 5) is 24.1. The number of rotatable bonds is 8. The summed E-state index contributed by atoms with van der Waals surface area (Å²) in [5, 5.41) is 16.0. The zero-order chi connectivity index (χ0) is 17.6. The van der Waals surface area contributed by atoms with Gasteiger partial charge in [0.1, 0.15) is 0 Å². The Morgan fingerprint density at radius 2 is 1.74 bits per heavy atom. The van der Waals surface area contributed by atoms with Gasteiger partial charge in [0, 0.05) is 30.3 Å². The summed E-state index contributed by atoms with van der Waals surface area (Å²) in [6.07, 6.45) is 3.98. The molecule has 5 heteroatoms. The summed E-state index contributed by atoms with van der Waals surface area (Å²) in [6.45, 7) is 10.1. The lowest BCUT2D eigenvalue weighted by Gasteiger charge is -2.33. The van der Waals surface area contributed by atoms with Gasteiger partial charge < -0.3 is 15.7 Å². The van der Waals surface area contributed by atoms with Crippen molar-refractivity contribution in [3.63, 3.8) is 0 Å². The van der Waals surface area contributed by atoms with Crippen LogP contribution >= 0.6 is 0 Å². The van der Waals surface area contributed by atoms with E-state index < -0.39 is 6.10 Å². The van der Waals surface area contributed by atoms with Gasteiger partial charge in [0.15, 0.2) is 0 Å². The summed E-state index contributed by atoms with van der Waals surface area (Å²) in [7, 11) is 0. The first-order chi connectivity index (χ1) is 10.6. The molecule has 23 heavy (non-hydrogen) atoms. The van der Waals surface area contributed by atoms with Crippen LogP contribution in [0.1, 0.15) is 66.7 Å². The maximum atomic E-state index is 12.1. The molecular formula is C18H34N2O3. The van der Waals surface area contributed by atoms with Gasteiger partial charge in [0.2, 0.25) is 11.8 Å². The largest absolute Gasteiger partial charge is 0.392 e. The van der Waals surface area contributed by atoms with E-state index in [0.717, 1.165) is 25.7 Å². The molecule has 1 aliphatic rings. The van der Waals surface area contributed by atoms with Gasteiger partial charge in [-0.15, -0.1) is 0 Å². The molecule has 2 atom stereocenters. The summed E-state index contributed by atoms with van der Waals surface area (Å²) in [6, 6.07) is -0.166. The lowest BCUT2D eigenvalue weighted by atomic mass is 9.80. The highest BCUT2D eigenvalue weighted by Crippen LogP contribution is 2.25. The average Bonchev–Trinajstić information content (AvgIpc) is 2.98. The van der Waals surface area contributed by atoms with Gasteiger partial charge in [-0.2, -0.15) is 0 Å². The highest BCUT2D eigenvalue weighted by molar-refractivity contribution is 5.81. The van der Waals surface area contributed by atoms with E-state index in [4.69, 9.17) is 0 Å². The van der Waals surface area contributed by atoms with Crippen molar-refractivity contribution in [3.05, 3.63) is 0 Å². The van der Waals surface area contributed by atoms with Crippen molar-refractivity contribution in [3.8, 4) is 0 Å². The number of hydrogen-bond acceptors (Lipinski definition) is 3. The average molecular weight is 326 g/mol. The fourth-order valence-corrected chi connectivity index (χ4v) is 3.28. The molecule has 1 aliphatic carbocycles. The third-order valence-corrected chi connectivity index (χ3v) is 4.78. The first-order valence-corrected chi connectivity index (χ1v) is 8.88. The van der Waals surface area contributed by atoms with E-state index in [0.29, 0.717) is 6.54 Å². The molecule has 0 heterocycles. The van der Waals surface area contributed by atoms with Crippen molar-refractivity contribution in [2.24, 2.45) is 17.3 Å². The second kappa shape index (κ2) is 8.67. The van der Waals surface area contributed by atoms with Gasteiger partial charge in [-0.25, -0.2) is 0 Å². The van der Waals surface area contributed by atoms with Crippen molar-refractivity contribution in [2.45, 2.75) is 78.9 Å². The fourth-order valence-electron chi connectivity index (χ4n) is 3.28. The van der Waals surface area contributed by atoms with E-state index in [1.54, 1.807) is 0 Å². The minimum Gasteiger partial charge on any atom is -0.392 e. The van der Waals surface area contributed by atoms with E-state index in [1.165, 1.54) is 0 Å². The van der Waals surface area contributed by atoms with Gasteiger partial charge in [-0.3, -0.25) is 9.59 Å². The SMILES string of the molecule is CC(CC(=O)NCC(C)(C)C(O)C(C)C)NC(=O)C1CCCC1. The molecule has 1 fully saturated rings. The Morgan fingerprint density at radius 3 is 2.26 bits per heavy atom. The van der Waals surface area contributed by atoms with Crippen LogP contribution in [-0.2, 0) is 9.59 Å². The molecule has 0 saturated heterocycles. The Hall–Kier alpha value is -1.10. The molecule has 1 saturated carbocycles. The molecule has 2 unspecified atom stereocenters. The molecule has 5 nitrogen and oxygen atoms in total. The highest BCUT2D eigenvalue weighted by Gasteiger charge is 2.30. The molecule has 0 aromatic heterocycles. The van der Waals surface area contributed by atoms with Crippen LogP contribution in [0.5, 0.6) is 0 Å². The zero-order valence-corrected chi connectivity index (χ0v) is 15.3. The highest BCUT2D eigenvalue weighted by atomic mass is 16.3. The van der Waals surface area contributed by atoms with Crippen LogP contribution in [0.15, 0.2) is 0 Å². The normalized spacial score (nSPS) is 18.7. The molecule has 0 bridgehead atoms. The minimum atomic E-state index is -0.470. The Bertz CT molecular complexity index is 401. The smallest absolute Gasteiger partial charge is 0.223 e. The van der Waals surface area contributed by atoms with Gasteiger partial charge in [0.05, 0.1) is 6.10 Å². The Labute approximate surface area is 140 Å². The first kappa shape index (κ1) is 19.9. The van der Waals surface area contributed by atoms with Gasteiger partial charge in [-0.1, -0.05) is 40.5 Å². The van der Waals surface area contributed by atoms with Crippen molar-refractivity contribution in [2.75, 3.05) is 6.54 Å². The fraction of sp³-hybridized carbons (Fsp3) is 0.889. The maximum Gasteiger partial charge on any atom is 0.223 e. The van der Waals surface area contributed by atoms with Crippen molar-refractivity contribution >= 4 is 11.8 Å². The van der Waals surface area contributed by atoms with Gasteiger partial charge >= 0.3 is 0 Å². The molecule has 0 aliphatic heterocycles. The molecule has 3 N–H and O–H groups in total. The zero-order valence-electron chi connectivity index (χ0n) is 15.3. The number of carbonyl (C=O) groups is 2. The molecule has 2 amide bonds. The molecule has 1 rings (SSSR count). The van der Waals surface area contributed by atoms with Crippen molar-refractivity contribution in [1.82, 2.24) is 10.6 Å². The summed E-state index contributed by atoms with van der Waals surface area (Å²) >= 11 is 0. The van der Waals surface area contributed by atoms with Crippen LogP contribution in [0, 0.1) is 17.3 Å². The Morgan fingerprint density at radius 1 is 1.17 bits per heavy atom. The Balaban J connectivity index is 2.33. The summed E-state index contributed by atoms with van der Waals surface area (Å²) < 4.78 is 0. The molecule has 0 aromatic rings. The van der Waals surface area contributed by atoms with Gasteiger partial charge in [-0.05, 0) is 25.7 Å². The Kier molecular flexibility index (Phi) is 7.52. The number of nitrogens with one attached hydrogen (secondary N) is 2. The maximum absolute atomic E-state index is 12.1. The molecule has 0 aromatic carbocycles. The monoisotopic (exact) mass is 326 g/mol. The lowest BCUT2D eigenvalue weighted by molar-refractivity contribution is -0.126. The number of aliphatic hydroxyl groups excluding tert-OH is 1. The van der Waals surface area contributed by atoms with Crippen molar-refractivity contribution < 1.29 is 14.7 Å². The second-order valence-corrected chi connectivity index (χ2v) is 8.05. The van der Waals surface area contributed by atoms with E-state index >= 15 is 0 Å². The van der Waals surface area contributed by atoms with E-state index in [9.17, 15) is 14.7 Å². The van der Waals surface area contributed by atoms with E-state index in [2.05, 4.69) is 10.6 Å². The molecular weight excluding hydrogens is 292 g/mol. The molecule has 0 spiro atoms. The third kappa shape index (κ3) is 6.50. The second-order valence-electron chi connectivity index (χ2n) is 8.05. The predicted octanol–water partition coefficient (Wildman–Crippen LogP) is 2.23. The van der Waals surface area contributed by atoms with Crippen LogP contribution in [0.4, 0.5) is 0 Å². The summed E-state index contributed by atoms with van der Waals surface area (Å²) in [5.41, 5.74) is -0.375. The number of aliphatic hydroxyl groups is 1. The van der Waals surface area contributed by atoms with Crippen LogP contribution in [-0.4, -0.2) is 35.6 Å².